The Labute approximate surface area is 163 Å². The number of hydrogen-bond donors (Lipinski definition) is 2. The molecule has 6 heteroatoms. The molecular weight excluding hydrogens is 357 g/mol. The summed E-state index contributed by atoms with van der Waals surface area (Å²) >= 11 is 0. The number of morpholine rings is 1. The van der Waals surface area contributed by atoms with E-state index in [1.54, 1.807) is 18.3 Å². The molecule has 0 amide bonds. The van der Waals surface area contributed by atoms with Gasteiger partial charge < -0.3 is 19.7 Å². The van der Waals surface area contributed by atoms with Crippen LogP contribution in [0.15, 0.2) is 41.4 Å². The zero-order valence-corrected chi connectivity index (χ0v) is 16.2. The SMILES string of the molecule is Cc1cccc2[nH]c(O)c(C=Nc3ccc(N4CC(C)OC(C)C4)c(F)c3)c12. The second-order valence-electron chi connectivity index (χ2n) is 7.44. The second kappa shape index (κ2) is 7.28. The predicted molar refractivity (Wildman–Crippen MR) is 111 cm³/mol. The van der Waals surface area contributed by atoms with E-state index in [4.69, 9.17) is 4.74 Å². The van der Waals surface area contributed by atoms with Crippen LogP contribution in [-0.2, 0) is 4.74 Å². The van der Waals surface area contributed by atoms with Crippen LogP contribution >= 0.6 is 0 Å². The Morgan fingerprint density at radius 1 is 1.21 bits per heavy atom. The number of nitrogens with zero attached hydrogens (tertiary/aromatic N) is 2. The average molecular weight is 381 g/mol. The van der Waals surface area contributed by atoms with Crippen LogP contribution in [0.3, 0.4) is 0 Å². The van der Waals surface area contributed by atoms with E-state index < -0.39 is 0 Å². The summed E-state index contributed by atoms with van der Waals surface area (Å²) < 4.78 is 20.5. The molecule has 2 atom stereocenters. The van der Waals surface area contributed by atoms with E-state index in [0.717, 1.165) is 16.5 Å². The van der Waals surface area contributed by atoms with Crippen LogP contribution in [-0.4, -0.2) is 41.6 Å². The molecule has 0 aliphatic carbocycles. The number of hydrogen-bond acceptors (Lipinski definition) is 4. The molecule has 146 valence electrons. The molecule has 28 heavy (non-hydrogen) atoms. The molecule has 0 bridgehead atoms. The van der Waals surface area contributed by atoms with Gasteiger partial charge in [-0.1, -0.05) is 12.1 Å². The van der Waals surface area contributed by atoms with Crippen molar-refractivity contribution in [3.8, 4) is 5.88 Å². The third-order valence-corrected chi connectivity index (χ3v) is 5.08. The van der Waals surface area contributed by atoms with E-state index in [2.05, 4.69) is 9.98 Å². The third-order valence-electron chi connectivity index (χ3n) is 5.08. The molecule has 1 saturated heterocycles. The zero-order valence-electron chi connectivity index (χ0n) is 16.2. The zero-order chi connectivity index (χ0) is 19.8. The number of aryl methyl sites for hydroxylation is 1. The molecule has 2 unspecified atom stereocenters. The Bertz CT molecular complexity index is 1030. The summed E-state index contributed by atoms with van der Waals surface area (Å²) in [5, 5.41) is 11.1. The molecule has 2 aromatic carbocycles. The summed E-state index contributed by atoms with van der Waals surface area (Å²) in [7, 11) is 0. The lowest BCUT2D eigenvalue weighted by atomic mass is 10.1. The lowest BCUT2D eigenvalue weighted by Gasteiger charge is -2.37. The maximum atomic E-state index is 14.7. The Hall–Kier alpha value is -2.86. The lowest BCUT2D eigenvalue weighted by molar-refractivity contribution is -0.00539. The quantitative estimate of drug-likeness (QED) is 0.647. The number of rotatable bonds is 3. The van der Waals surface area contributed by atoms with Gasteiger partial charge in [0.25, 0.3) is 0 Å². The first kappa shape index (κ1) is 18.5. The van der Waals surface area contributed by atoms with Crippen molar-refractivity contribution in [1.82, 2.24) is 4.98 Å². The molecule has 5 nitrogen and oxygen atoms in total. The topological polar surface area (TPSA) is 60.8 Å². The number of aromatic nitrogens is 1. The fraction of sp³-hybridized carbons (Fsp3) is 0.318. The number of H-pyrrole nitrogens is 1. The van der Waals surface area contributed by atoms with Gasteiger partial charge in [-0.15, -0.1) is 0 Å². The van der Waals surface area contributed by atoms with Crippen molar-refractivity contribution in [2.24, 2.45) is 4.99 Å². The number of benzene rings is 2. The minimum absolute atomic E-state index is 0.0569. The van der Waals surface area contributed by atoms with Crippen LogP contribution in [0, 0.1) is 12.7 Å². The Morgan fingerprint density at radius 2 is 1.96 bits per heavy atom. The predicted octanol–water partition coefficient (Wildman–Crippen LogP) is 4.69. The molecule has 1 aromatic heterocycles. The van der Waals surface area contributed by atoms with Gasteiger partial charge in [0, 0.05) is 36.3 Å². The summed E-state index contributed by atoms with van der Waals surface area (Å²) in [6.45, 7) is 7.29. The van der Waals surface area contributed by atoms with E-state index in [0.29, 0.717) is 30.0 Å². The molecule has 3 aromatic rings. The van der Waals surface area contributed by atoms with E-state index >= 15 is 0 Å². The standard InChI is InChI=1S/C22H24FN3O2/c1-13-5-4-6-19-21(13)17(22(27)25-19)10-24-16-7-8-20(18(23)9-16)26-11-14(2)28-15(3)12-26/h4-10,14-15,25,27H,11-12H2,1-3H3. The highest BCUT2D eigenvalue weighted by atomic mass is 19.1. The molecule has 0 spiro atoms. The number of ether oxygens (including phenoxy) is 1. The maximum Gasteiger partial charge on any atom is 0.198 e. The molecule has 0 radical (unpaired) electrons. The van der Waals surface area contributed by atoms with Crippen molar-refractivity contribution in [1.29, 1.82) is 0 Å². The number of nitrogens with one attached hydrogen (secondary N) is 1. The highest BCUT2D eigenvalue weighted by molar-refractivity contribution is 6.04. The van der Waals surface area contributed by atoms with E-state index in [9.17, 15) is 9.50 Å². The smallest absolute Gasteiger partial charge is 0.198 e. The van der Waals surface area contributed by atoms with Gasteiger partial charge in [0.15, 0.2) is 5.88 Å². The van der Waals surface area contributed by atoms with E-state index in [1.807, 2.05) is 43.9 Å². The van der Waals surface area contributed by atoms with Gasteiger partial charge in [-0.25, -0.2) is 4.39 Å². The van der Waals surface area contributed by atoms with Gasteiger partial charge in [0.1, 0.15) is 5.82 Å². The number of aliphatic imine (C=N–C) groups is 1. The summed E-state index contributed by atoms with van der Waals surface area (Å²) in [5.74, 6) is -0.253. The molecule has 4 rings (SSSR count). The van der Waals surface area contributed by atoms with Crippen LogP contribution < -0.4 is 4.90 Å². The lowest BCUT2D eigenvalue weighted by Crippen LogP contribution is -2.45. The van der Waals surface area contributed by atoms with Crippen LogP contribution in [0.1, 0.15) is 25.0 Å². The number of aromatic hydroxyl groups is 1. The molecule has 2 N–H and O–H groups in total. The van der Waals surface area contributed by atoms with Gasteiger partial charge in [0.05, 0.1) is 29.1 Å². The third kappa shape index (κ3) is 3.47. The van der Waals surface area contributed by atoms with Crippen LogP contribution in [0.5, 0.6) is 5.88 Å². The van der Waals surface area contributed by atoms with E-state index in [-0.39, 0.29) is 23.9 Å². The van der Waals surface area contributed by atoms with Crippen molar-refractivity contribution in [2.75, 3.05) is 18.0 Å². The molecule has 0 saturated carbocycles. The maximum absolute atomic E-state index is 14.7. The Kier molecular flexibility index (Phi) is 4.81. The van der Waals surface area contributed by atoms with Crippen molar-refractivity contribution < 1.29 is 14.2 Å². The van der Waals surface area contributed by atoms with Crippen LogP contribution in [0.25, 0.3) is 10.9 Å². The second-order valence-corrected chi connectivity index (χ2v) is 7.44. The van der Waals surface area contributed by atoms with Gasteiger partial charge in [-0.3, -0.25) is 4.99 Å². The van der Waals surface area contributed by atoms with Crippen molar-refractivity contribution in [2.45, 2.75) is 33.0 Å². The Morgan fingerprint density at radius 3 is 2.68 bits per heavy atom. The van der Waals surface area contributed by atoms with Gasteiger partial charge in [0.2, 0.25) is 0 Å². The number of halogens is 1. The number of anilines is 1. The molecule has 2 heterocycles. The minimum atomic E-state index is -0.310. The van der Waals surface area contributed by atoms with Crippen LogP contribution in [0.4, 0.5) is 15.8 Å². The largest absolute Gasteiger partial charge is 0.494 e. The van der Waals surface area contributed by atoms with Gasteiger partial charge in [-0.2, -0.15) is 0 Å². The number of fused-ring (bicyclic) bond motifs is 1. The molecule has 1 fully saturated rings. The van der Waals surface area contributed by atoms with Gasteiger partial charge in [-0.05, 0) is 44.5 Å². The summed E-state index contributed by atoms with van der Waals surface area (Å²) in [5.41, 5.74) is 3.54. The first-order valence-corrected chi connectivity index (χ1v) is 9.46. The van der Waals surface area contributed by atoms with Crippen molar-refractivity contribution >= 4 is 28.5 Å². The van der Waals surface area contributed by atoms with E-state index in [1.165, 1.54) is 6.07 Å². The highest BCUT2D eigenvalue weighted by Crippen LogP contribution is 2.30. The fourth-order valence-corrected chi connectivity index (χ4v) is 3.91. The molecular formula is C22H24FN3O2. The monoisotopic (exact) mass is 381 g/mol. The minimum Gasteiger partial charge on any atom is -0.494 e. The molecule has 1 aliphatic heterocycles. The Balaban J connectivity index is 1.62. The van der Waals surface area contributed by atoms with Crippen molar-refractivity contribution in [3.63, 3.8) is 0 Å². The van der Waals surface area contributed by atoms with Crippen molar-refractivity contribution in [3.05, 3.63) is 53.3 Å². The highest BCUT2D eigenvalue weighted by Gasteiger charge is 2.24. The fourth-order valence-electron chi connectivity index (χ4n) is 3.91. The summed E-state index contributed by atoms with van der Waals surface area (Å²) in [6, 6.07) is 10.8. The molecule has 1 aliphatic rings. The first-order valence-electron chi connectivity index (χ1n) is 9.46. The normalized spacial score (nSPS) is 20.4. The van der Waals surface area contributed by atoms with Crippen LogP contribution in [0.2, 0.25) is 0 Å². The average Bonchev–Trinajstić information content (AvgIpc) is 2.95. The first-order chi connectivity index (χ1) is 13.4. The summed E-state index contributed by atoms with van der Waals surface area (Å²) in [6.07, 6.45) is 1.71. The summed E-state index contributed by atoms with van der Waals surface area (Å²) in [4.78, 5) is 9.35. The van der Waals surface area contributed by atoms with Gasteiger partial charge >= 0.3 is 0 Å². The number of aromatic amines is 1.